The fraction of sp³-hybridized carbons (Fsp3) is 0.320. The van der Waals surface area contributed by atoms with Crippen molar-refractivity contribution in [2.45, 2.75) is 34.1 Å². The van der Waals surface area contributed by atoms with E-state index in [1.165, 1.54) is 18.1 Å². The topological polar surface area (TPSA) is 97.0 Å². The summed E-state index contributed by atoms with van der Waals surface area (Å²) in [6, 6.07) is 7.07. The highest BCUT2D eigenvalue weighted by Gasteiger charge is 2.26. The van der Waals surface area contributed by atoms with E-state index in [9.17, 15) is 14.4 Å². The minimum absolute atomic E-state index is 0.0900. The second-order valence-electron chi connectivity index (χ2n) is 8.00. The van der Waals surface area contributed by atoms with Crippen LogP contribution < -0.4 is 20.3 Å². The molecular weight excluding hydrogens is 458 g/mol. The smallest absolute Gasteiger partial charge is 0.311 e. The molecule has 2 N–H and O–H groups in total. The summed E-state index contributed by atoms with van der Waals surface area (Å²) >= 11 is 6.16. The number of halogens is 1. The molecule has 2 aromatic carbocycles. The van der Waals surface area contributed by atoms with Crippen molar-refractivity contribution in [2.75, 3.05) is 35.8 Å². The average Bonchev–Trinajstić information content (AvgIpc) is 2.87. The van der Waals surface area contributed by atoms with Gasteiger partial charge in [0.15, 0.2) is 0 Å². The van der Waals surface area contributed by atoms with Crippen LogP contribution in [0.5, 0.6) is 5.75 Å². The summed E-state index contributed by atoms with van der Waals surface area (Å²) in [5.41, 5.74) is 4.74. The maximum Gasteiger partial charge on any atom is 0.311 e. The van der Waals surface area contributed by atoms with Gasteiger partial charge in [0.2, 0.25) is 5.91 Å². The van der Waals surface area contributed by atoms with Crippen molar-refractivity contribution in [1.29, 1.82) is 0 Å². The standard InChI is InChI=1S/C25H28ClN3O5/c1-6-34-25(32)11-17-10-24(31)29(21-9-15(3)14(2)7-19(21)27-17)13-23(30)28-20-8-16(4)18(26)12-22(20)33-5/h7-10,12,27H,6,11,13H2,1-5H3,(H,28,30). The molecule has 0 aromatic heterocycles. The number of nitrogens with one attached hydrogen (secondary N) is 2. The van der Waals surface area contributed by atoms with E-state index in [0.717, 1.165) is 16.7 Å². The summed E-state index contributed by atoms with van der Waals surface area (Å²) in [4.78, 5) is 39.6. The Morgan fingerprint density at radius 3 is 2.47 bits per heavy atom. The Hall–Kier alpha value is -3.52. The number of carbonyl (C=O) groups is 3. The predicted octanol–water partition coefficient (Wildman–Crippen LogP) is 4.51. The van der Waals surface area contributed by atoms with Crippen LogP contribution in [0.15, 0.2) is 36.0 Å². The highest BCUT2D eigenvalue weighted by Crippen LogP contribution is 2.34. The van der Waals surface area contributed by atoms with Crippen molar-refractivity contribution in [3.63, 3.8) is 0 Å². The first-order chi connectivity index (χ1) is 16.1. The lowest BCUT2D eigenvalue weighted by atomic mass is 10.1. The first-order valence-electron chi connectivity index (χ1n) is 10.8. The van der Waals surface area contributed by atoms with Gasteiger partial charge in [-0.05, 0) is 62.6 Å². The van der Waals surface area contributed by atoms with Crippen LogP contribution >= 0.6 is 11.6 Å². The second kappa shape index (κ2) is 10.6. The van der Waals surface area contributed by atoms with Crippen LogP contribution in [-0.2, 0) is 19.1 Å². The van der Waals surface area contributed by atoms with Gasteiger partial charge in [0.05, 0.1) is 37.2 Å². The molecule has 2 amide bonds. The maximum absolute atomic E-state index is 13.2. The summed E-state index contributed by atoms with van der Waals surface area (Å²) in [7, 11) is 1.48. The number of esters is 1. The molecule has 0 bridgehead atoms. The van der Waals surface area contributed by atoms with E-state index in [1.54, 1.807) is 19.1 Å². The Bertz CT molecular complexity index is 1180. The first kappa shape index (κ1) is 25.1. The van der Waals surface area contributed by atoms with Crippen molar-refractivity contribution >= 4 is 46.4 Å². The highest BCUT2D eigenvalue weighted by molar-refractivity contribution is 6.31. The molecule has 9 heteroatoms. The van der Waals surface area contributed by atoms with Crippen LogP contribution in [0.2, 0.25) is 5.02 Å². The molecule has 0 saturated carbocycles. The number of anilines is 3. The normalized spacial score (nSPS) is 12.8. The summed E-state index contributed by atoms with van der Waals surface area (Å²) in [5, 5.41) is 6.48. The van der Waals surface area contributed by atoms with E-state index < -0.39 is 17.8 Å². The lowest BCUT2D eigenvalue weighted by Crippen LogP contribution is -2.37. The number of nitrogens with zero attached hydrogens (tertiary/aromatic N) is 1. The van der Waals surface area contributed by atoms with Crippen LogP contribution in [0.1, 0.15) is 30.0 Å². The number of hydrogen-bond donors (Lipinski definition) is 2. The number of ether oxygens (including phenoxy) is 2. The number of rotatable bonds is 7. The third-order valence-electron chi connectivity index (χ3n) is 5.46. The van der Waals surface area contributed by atoms with Gasteiger partial charge in [0.25, 0.3) is 5.91 Å². The Morgan fingerprint density at radius 2 is 1.79 bits per heavy atom. The zero-order valence-electron chi connectivity index (χ0n) is 19.9. The molecule has 0 atom stereocenters. The Labute approximate surface area is 203 Å². The van der Waals surface area contributed by atoms with Gasteiger partial charge in [-0.3, -0.25) is 19.3 Å². The van der Waals surface area contributed by atoms with Gasteiger partial charge in [0.1, 0.15) is 12.3 Å². The Kier molecular flexibility index (Phi) is 7.83. The molecule has 34 heavy (non-hydrogen) atoms. The summed E-state index contributed by atoms with van der Waals surface area (Å²) in [5.74, 6) is -0.880. The van der Waals surface area contributed by atoms with Crippen molar-refractivity contribution in [3.8, 4) is 5.75 Å². The zero-order valence-corrected chi connectivity index (χ0v) is 20.6. The quantitative estimate of drug-likeness (QED) is 0.560. The van der Waals surface area contributed by atoms with E-state index in [-0.39, 0.29) is 19.6 Å². The van der Waals surface area contributed by atoms with Crippen LogP contribution in [0.4, 0.5) is 17.1 Å². The SMILES string of the molecule is CCOC(=O)CC1=CC(=O)N(CC(=O)Nc2cc(C)c(Cl)cc2OC)c2cc(C)c(C)cc2N1. The Balaban J connectivity index is 1.92. The third-order valence-corrected chi connectivity index (χ3v) is 5.87. The minimum atomic E-state index is -0.448. The van der Waals surface area contributed by atoms with Gasteiger partial charge in [-0.25, -0.2) is 0 Å². The van der Waals surface area contributed by atoms with Gasteiger partial charge >= 0.3 is 5.97 Å². The predicted molar refractivity (Wildman–Crippen MR) is 133 cm³/mol. The third kappa shape index (κ3) is 5.69. The maximum atomic E-state index is 13.2. The molecule has 1 aliphatic heterocycles. The number of amides is 2. The molecule has 1 heterocycles. The van der Waals surface area contributed by atoms with Crippen molar-refractivity contribution in [1.82, 2.24) is 0 Å². The minimum Gasteiger partial charge on any atom is -0.495 e. The van der Waals surface area contributed by atoms with Crippen molar-refractivity contribution < 1.29 is 23.9 Å². The van der Waals surface area contributed by atoms with E-state index in [0.29, 0.717) is 33.5 Å². The van der Waals surface area contributed by atoms with Gasteiger partial charge in [-0.15, -0.1) is 0 Å². The molecule has 0 fully saturated rings. The average molecular weight is 486 g/mol. The van der Waals surface area contributed by atoms with Gasteiger partial charge < -0.3 is 20.1 Å². The monoisotopic (exact) mass is 485 g/mol. The number of benzene rings is 2. The molecule has 1 aliphatic rings. The van der Waals surface area contributed by atoms with E-state index in [2.05, 4.69) is 10.6 Å². The molecule has 0 radical (unpaired) electrons. The molecule has 2 aromatic rings. The van der Waals surface area contributed by atoms with Gasteiger partial charge in [-0.1, -0.05) is 11.6 Å². The summed E-state index contributed by atoms with van der Waals surface area (Å²) in [6.45, 7) is 7.41. The van der Waals surface area contributed by atoms with Gasteiger partial charge in [-0.2, -0.15) is 0 Å². The van der Waals surface area contributed by atoms with Crippen molar-refractivity contribution in [2.24, 2.45) is 0 Å². The fourth-order valence-corrected chi connectivity index (χ4v) is 3.72. The number of hydrogen-bond acceptors (Lipinski definition) is 6. The lowest BCUT2D eigenvalue weighted by molar-refractivity contribution is -0.142. The number of methoxy groups -OCH3 is 1. The van der Waals surface area contributed by atoms with Gasteiger partial charge in [0, 0.05) is 22.9 Å². The largest absolute Gasteiger partial charge is 0.495 e. The summed E-state index contributed by atoms with van der Waals surface area (Å²) < 4.78 is 10.3. The molecule has 0 unspecified atom stereocenters. The molecule has 0 spiro atoms. The number of carbonyl (C=O) groups excluding carboxylic acids is 3. The first-order valence-corrected chi connectivity index (χ1v) is 11.2. The molecule has 0 saturated heterocycles. The zero-order chi connectivity index (χ0) is 25.0. The van der Waals surface area contributed by atoms with Crippen LogP contribution in [0, 0.1) is 20.8 Å². The van der Waals surface area contributed by atoms with Crippen LogP contribution in [0.3, 0.4) is 0 Å². The summed E-state index contributed by atoms with van der Waals surface area (Å²) in [6.07, 6.45) is 1.23. The Morgan fingerprint density at radius 1 is 1.09 bits per heavy atom. The number of fused-ring (bicyclic) bond motifs is 1. The fourth-order valence-electron chi connectivity index (χ4n) is 3.57. The molecule has 3 rings (SSSR count). The van der Waals surface area contributed by atoms with E-state index >= 15 is 0 Å². The van der Waals surface area contributed by atoms with Crippen LogP contribution in [-0.4, -0.2) is 38.0 Å². The second-order valence-corrected chi connectivity index (χ2v) is 8.41. The van der Waals surface area contributed by atoms with Crippen molar-refractivity contribution in [3.05, 3.63) is 57.8 Å². The molecule has 8 nitrogen and oxygen atoms in total. The number of aryl methyl sites for hydroxylation is 3. The molecule has 0 aliphatic carbocycles. The van der Waals surface area contributed by atoms with Crippen LogP contribution in [0.25, 0.3) is 0 Å². The van der Waals surface area contributed by atoms with E-state index in [1.807, 2.05) is 32.9 Å². The van der Waals surface area contributed by atoms with E-state index in [4.69, 9.17) is 21.1 Å². The highest BCUT2D eigenvalue weighted by atomic mass is 35.5. The molecular formula is C25H28ClN3O5. The molecule has 180 valence electrons. The lowest BCUT2D eigenvalue weighted by Gasteiger charge is -2.23.